The smallest absolute Gasteiger partial charge is 0.0479 e. The van der Waals surface area contributed by atoms with Crippen LogP contribution in [0.25, 0.3) is 0 Å². The summed E-state index contributed by atoms with van der Waals surface area (Å²) < 4.78 is 0. The first-order valence-electron chi connectivity index (χ1n) is 8.06. The predicted molar refractivity (Wildman–Crippen MR) is 81.7 cm³/mol. The molecule has 0 bridgehead atoms. The highest BCUT2D eigenvalue weighted by Crippen LogP contribution is 2.47. The Bertz CT molecular complexity index is 305. The van der Waals surface area contributed by atoms with E-state index < -0.39 is 0 Å². The van der Waals surface area contributed by atoms with Crippen molar-refractivity contribution in [3.63, 3.8) is 0 Å². The van der Waals surface area contributed by atoms with Crippen LogP contribution in [0.1, 0.15) is 66.7 Å². The summed E-state index contributed by atoms with van der Waals surface area (Å²) in [7, 11) is 0. The van der Waals surface area contributed by atoms with Crippen molar-refractivity contribution >= 4 is 0 Å². The highest BCUT2D eigenvalue weighted by atomic mass is 15.6. The molecule has 19 heavy (non-hydrogen) atoms. The van der Waals surface area contributed by atoms with Gasteiger partial charge in [-0.15, -0.1) is 0 Å². The number of hydrogen-bond donors (Lipinski definition) is 2. The van der Waals surface area contributed by atoms with Gasteiger partial charge >= 0.3 is 0 Å². The molecule has 2 aliphatic rings. The van der Waals surface area contributed by atoms with Gasteiger partial charge in [-0.3, -0.25) is 0 Å². The van der Waals surface area contributed by atoms with E-state index in [9.17, 15) is 0 Å². The third kappa shape index (κ3) is 2.98. The van der Waals surface area contributed by atoms with Gasteiger partial charge < -0.3 is 5.73 Å². The average molecular weight is 267 g/mol. The van der Waals surface area contributed by atoms with Gasteiger partial charge in [0, 0.05) is 24.2 Å². The molecular formula is C16H33N3. The number of nitrogens with two attached hydrogens (primary N) is 1. The standard InChI is InChI=1S/C16H33N3/c1-12-9-15(4,5)10-16(12,11-17)18-19-13(2)7-6-8-14(19)3/h12-14,18H,6-11,17H2,1-5H3. The number of hydrogen-bond acceptors (Lipinski definition) is 3. The third-order valence-corrected chi connectivity index (χ3v) is 5.51. The minimum absolute atomic E-state index is 0.101. The highest BCUT2D eigenvalue weighted by Gasteiger charge is 2.49. The molecule has 0 spiro atoms. The predicted octanol–water partition coefficient (Wildman–Crippen LogP) is 2.91. The highest BCUT2D eigenvalue weighted by molar-refractivity contribution is 5.05. The van der Waals surface area contributed by atoms with Crippen LogP contribution in [0, 0.1) is 11.3 Å². The van der Waals surface area contributed by atoms with Crippen LogP contribution in [0.15, 0.2) is 0 Å². The maximum atomic E-state index is 6.20. The van der Waals surface area contributed by atoms with Crippen LogP contribution in [-0.4, -0.2) is 29.2 Å². The number of nitrogens with one attached hydrogen (secondary N) is 1. The molecule has 3 N–H and O–H groups in total. The first kappa shape index (κ1) is 15.3. The molecular weight excluding hydrogens is 234 g/mol. The van der Waals surface area contributed by atoms with E-state index in [2.05, 4.69) is 45.1 Å². The Kier molecular flexibility index (Phi) is 4.29. The van der Waals surface area contributed by atoms with E-state index in [0.717, 1.165) is 6.54 Å². The molecule has 112 valence electrons. The van der Waals surface area contributed by atoms with Gasteiger partial charge in [-0.1, -0.05) is 27.2 Å². The van der Waals surface area contributed by atoms with Crippen LogP contribution in [-0.2, 0) is 0 Å². The van der Waals surface area contributed by atoms with E-state index in [0.29, 0.717) is 23.4 Å². The van der Waals surface area contributed by atoms with Gasteiger partial charge in [0.2, 0.25) is 0 Å². The monoisotopic (exact) mass is 267 g/mol. The molecule has 2 rings (SSSR count). The molecule has 2 fully saturated rings. The molecule has 0 aromatic carbocycles. The van der Waals surface area contributed by atoms with Crippen molar-refractivity contribution in [3.8, 4) is 0 Å². The van der Waals surface area contributed by atoms with E-state index in [1.165, 1.54) is 32.1 Å². The Morgan fingerprint density at radius 2 is 1.74 bits per heavy atom. The first-order valence-corrected chi connectivity index (χ1v) is 8.06. The summed E-state index contributed by atoms with van der Waals surface area (Å²) in [6, 6.07) is 1.26. The van der Waals surface area contributed by atoms with Crippen LogP contribution in [0.5, 0.6) is 0 Å². The molecule has 1 saturated carbocycles. The summed E-state index contributed by atoms with van der Waals surface area (Å²) in [6.07, 6.45) is 6.42. The Morgan fingerprint density at radius 3 is 2.16 bits per heavy atom. The van der Waals surface area contributed by atoms with E-state index >= 15 is 0 Å². The zero-order valence-corrected chi connectivity index (χ0v) is 13.5. The van der Waals surface area contributed by atoms with Gasteiger partial charge in [-0.2, -0.15) is 0 Å². The van der Waals surface area contributed by atoms with E-state index in [1.54, 1.807) is 0 Å². The van der Waals surface area contributed by atoms with Crippen LogP contribution in [0.3, 0.4) is 0 Å². The van der Waals surface area contributed by atoms with Gasteiger partial charge in [0.25, 0.3) is 0 Å². The molecule has 0 aromatic heterocycles. The van der Waals surface area contributed by atoms with Gasteiger partial charge in [-0.25, -0.2) is 10.4 Å². The molecule has 4 atom stereocenters. The first-order chi connectivity index (χ1) is 8.80. The second-order valence-corrected chi connectivity index (χ2v) is 7.95. The van der Waals surface area contributed by atoms with Gasteiger partial charge in [0.1, 0.15) is 0 Å². The third-order valence-electron chi connectivity index (χ3n) is 5.51. The van der Waals surface area contributed by atoms with Crippen LogP contribution < -0.4 is 11.2 Å². The van der Waals surface area contributed by atoms with Crippen molar-refractivity contribution < 1.29 is 0 Å². The Morgan fingerprint density at radius 1 is 1.16 bits per heavy atom. The van der Waals surface area contributed by atoms with Crippen LogP contribution in [0.4, 0.5) is 0 Å². The van der Waals surface area contributed by atoms with Gasteiger partial charge in [0.05, 0.1) is 0 Å². The van der Waals surface area contributed by atoms with Crippen molar-refractivity contribution in [1.29, 1.82) is 0 Å². The molecule has 1 saturated heterocycles. The number of piperidine rings is 1. The molecule has 4 unspecified atom stereocenters. The molecule has 1 heterocycles. The zero-order valence-electron chi connectivity index (χ0n) is 13.5. The SMILES string of the molecule is CC1CCCC(C)N1NC1(CN)CC(C)(C)CC1C. The second-order valence-electron chi connectivity index (χ2n) is 7.95. The van der Waals surface area contributed by atoms with E-state index in [4.69, 9.17) is 5.73 Å². The lowest BCUT2D eigenvalue weighted by Gasteiger charge is -2.47. The number of rotatable bonds is 3. The average Bonchev–Trinajstić information content (AvgIpc) is 2.54. The Hall–Kier alpha value is -0.120. The lowest BCUT2D eigenvalue weighted by Crippen LogP contribution is -2.64. The molecule has 0 amide bonds. The molecule has 1 aliphatic heterocycles. The molecule has 1 aliphatic carbocycles. The van der Waals surface area contributed by atoms with Gasteiger partial charge in [0.15, 0.2) is 0 Å². The minimum Gasteiger partial charge on any atom is -0.329 e. The summed E-state index contributed by atoms with van der Waals surface area (Å²) in [5.41, 5.74) is 10.6. The van der Waals surface area contributed by atoms with Crippen molar-refractivity contribution in [2.24, 2.45) is 17.1 Å². The second kappa shape index (κ2) is 5.34. The number of hydrazine groups is 1. The summed E-state index contributed by atoms with van der Waals surface area (Å²) >= 11 is 0. The minimum atomic E-state index is 0.101. The summed E-state index contributed by atoms with van der Waals surface area (Å²) in [5, 5.41) is 2.51. The fraction of sp³-hybridized carbons (Fsp3) is 1.00. The molecule has 3 heteroatoms. The maximum absolute atomic E-state index is 6.20. The van der Waals surface area contributed by atoms with Crippen molar-refractivity contribution in [3.05, 3.63) is 0 Å². The summed E-state index contributed by atoms with van der Waals surface area (Å²) in [5.74, 6) is 0.647. The van der Waals surface area contributed by atoms with Gasteiger partial charge in [-0.05, 0) is 50.9 Å². The fourth-order valence-corrected chi connectivity index (χ4v) is 4.49. The molecule has 3 nitrogen and oxygen atoms in total. The lowest BCUT2D eigenvalue weighted by atomic mass is 9.86. The fourth-order valence-electron chi connectivity index (χ4n) is 4.49. The van der Waals surface area contributed by atoms with Crippen molar-refractivity contribution in [2.75, 3.05) is 6.54 Å². The van der Waals surface area contributed by atoms with Crippen molar-refractivity contribution in [1.82, 2.24) is 10.4 Å². The molecule has 0 radical (unpaired) electrons. The Labute approximate surface area is 119 Å². The van der Waals surface area contributed by atoms with E-state index in [1.807, 2.05) is 0 Å². The van der Waals surface area contributed by atoms with E-state index in [-0.39, 0.29) is 5.54 Å². The lowest BCUT2D eigenvalue weighted by molar-refractivity contribution is -0.00947. The molecule has 0 aromatic rings. The van der Waals surface area contributed by atoms with Crippen LogP contribution in [0.2, 0.25) is 0 Å². The zero-order chi connectivity index (χ0) is 14.3. The largest absolute Gasteiger partial charge is 0.329 e. The van der Waals surface area contributed by atoms with Crippen molar-refractivity contribution in [2.45, 2.75) is 84.3 Å². The Balaban J connectivity index is 2.14. The summed E-state index contributed by atoms with van der Waals surface area (Å²) in [4.78, 5) is 0. The maximum Gasteiger partial charge on any atom is 0.0479 e. The van der Waals surface area contributed by atoms with Crippen LogP contribution >= 0.6 is 0 Å². The number of nitrogens with zero attached hydrogens (tertiary/aromatic N) is 1. The quantitative estimate of drug-likeness (QED) is 0.826. The summed E-state index contributed by atoms with van der Waals surface area (Å²) in [6.45, 7) is 12.6. The topological polar surface area (TPSA) is 41.3 Å². The normalized spacial score (nSPS) is 43.6.